The van der Waals surface area contributed by atoms with E-state index in [0.717, 1.165) is 19.3 Å². The molecule has 4 heteroatoms. The second-order valence-corrected chi connectivity index (χ2v) is 5.88. The molecule has 128 valence electrons. The lowest BCUT2D eigenvalue weighted by atomic mass is 10.1. The monoisotopic (exact) mass is 318 g/mol. The molecule has 1 aromatic rings. The molecule has 0 fully saturated rings. The number of amides is 2. The molecule has 0 spiro atoms. The van der Waals surface area contributed by atoms with Crippen LogP contribution in [0.2, 0.25) is 0 Å². The Bertz CT molecular complexity index is 469. The lowest BCUT2D eigenvalue weighted by Gasteiger charge is -2.07. The topological polar surface area (TPSA) is 58.2 Å². The number of carbonyl (C=O) groups excluding carboxylic acids is 2. The Labute approximate surface area is 140 Å². The molecule has 0 atom stereocenters. The SMILES string of the molecule is CCCCCCCCCNC(=O)C(=O)Nc1ccc(CC)cc1. The normalized spacial score (nSPS) is 10.3. The van der Waals surface area contributed by atoms with Crippen LogP contribution in [-0.2, 0) is 16.0 Å². The maximum atomic E-state index is 11.8. The van der Waals surface area contributed by atoms with Crippen molar-refractivity contribution in [1.29, 1.82) is 0 Å². The molecule has 0 saturated heterocycles. The van der Waals surface area contributed by atoms with Gasteiger partial charge < -0.3 is 10.6 Å². The zero-order valence-corrected chi connectivity index (χ0v) is 14.5. The van der Waals surface area contributed by atoms with Gasteiger partial charge in [-0.15, -0.1) is 0 Å². The van der Waals surface area contributed by atoms with Gasteiger partial charge in [0.1, 0.15) is 0 Å². The summed E-state index contributed by atoms with van der Waals surface area (Å²) in [4.78, 5) is 23.5. The number of unbranched alkanes of at least 4 members (excludes halogenated alkanes) is 6. The second-order valence-electron chi connectivity index (χ2n) is 5.88. The van der Waals surface area contributed by atoms with Crippen LogP contribution in [0.3, 0.4) is 0 Å². The standard InChI is InChI=1S/C19H30N2O2/c1-3-5-6-7-8-9-10-15-20-18(22)19(23)21-17-13-11-16(4-2)12-14-17/h11-14H,3-10,15H2,1-2H3,(H,20,22)(H,21,23). The highest BCUT2D eigenvalue weighted by atomic mass is 16.2. The molecule has 2 amide bonds. The van der Waals surface area contributed by atoms with Gasteiger partial charge in [-0.05, 0) is 30.5 Å². The zero-order valence-electron chi connectivity index (χ0n) is 14.5. The summed E-state index contributed by atoms with van der Waals surface area (Å²) in [5, 5.41) is 5.29. The third-order valence-corrected chi connectivity index (χ3v) is 3.89. The minimum absolute atomic E-state index is 0.560. The number of aryl methyl sites for hydroxylation is 1. The molecular formula is C19H30N2O2. The molecule has 23 heavy (non-hydrogen) atoms. The van der Waals surface area contributed by atoms with Crippen molar-refractivity contribution >= 4 is 17.5 Å². The van der Waals surface area contributed by atoms with Crippen molar-refractivity contribution in [3.8, 4) is 0 Å². The van der Waals surface area contributed by atoms with E-state index >= 15 is 0 Å². The van der Waals surface area contributed by atoms with E-state index in [4.69, 9.17) is 0 Å². The van der Waals surface area contributed by atoms with Gasteiger partial charge in [-0.2, -0.15) is 0 Å². The van der Waals surface area contributed by atoms with Gasteiger partial charge in [-0.25, -0.2) is 0 Å². The van der Waals surface area contributed by atoms with Crippen LogP contribution in [-0.4, -0.2) is 18.4 Å². The first-order valence-corrected chi connectivity index (χ1v) is 8.85. The molecule has 4 nitrogen and oxygen atoms in total. The third-order valence-electron chi connectivity index (χ3n) is 3.89. The molecule has 2 N–H and O–H groups in total. The average molecular weight is 318 g/mol. The summed E-state index contributed by atoms with van der Waals surface area (Å²) in [7, 11) is 0. The number of nitrogens with one attached hydrogen (secondary N) is 2. The van der Waals surface area contributed by atoms with Gasteiger partial charge in [0, 0.05) is 12.2 Å². The number of benzene rings is 1. The number of hydrogen-bond acceptors (Lipinski definition) is 2. The van der Waals surface area contributed by atoms with E-state index in [-0.39, 0.29) is 0 Å². The van der Waals surface area contributed by atoms with Gasteiger partial charge in [0.2, 0.25) is 0 Å². The molecule has 0 aromatic heterocycles. The van der Waals surface area contributed by atoms with Gasteiger partial charge in [0.25, 0.3) is 0 Å². The third kappa shape index (κ3) is 8.38. The van der Waals surface area contributed by atoms with Gasteiger partial charge >= 0.3 is 11.8 Å². The van der Waals surface area contributed by atoms with Crippen LogP contribution in [0.4, 0.5) is 5.69 Å². The van der Waals surface area contributed by atoms with Crippen molar-refractivity contribution < 1.29 is 9.59 Å². The zero-order chi connectivity index (χ0) is 16.9. The van der Waals surface area contributed by atoms with Crippen molar-refractivity contribution in [2.45, 2.75) is 65.2 Å². The second kappa shape index (κ2) is 11.7. The van der Waals surface area contributed by atoms with E-state index < -0.39 is 11.8 Å². The van der Waals surface area contributed by atoms with Gasteiger partial charge in [0.05, 0.1) is 0 Å². The predicted octanol–water partition coefficient (Wildman–Crippen LogP) is 4.05. The molecule has 1 aromatic carbocycles. The number of carbonyl (C=O) groups is 2. The molecular weight excluding hydrogens is 288 g/mol. The van der Waals surface area contributed by atoms with E-state index in [9.17, 15) is 9.59 Å². The molecule has 0 aliphatic carbocycles. The van der Waals surface area contributed by atoms with Gasteiger partial charge in [-0.3, -0.25) is 9.59 Å². The Hall–Kier alpha value is -1.84. The van der Waals surface area contributed by atoms with Crippen LogP contribution in [0.1, 0.15) is 64.4 Å². The van der Waals surface area contributed by atoms with Crippen LogP contribution in [0.15, 0.2) is 24.3 Å². The highest BCUT2D eigenvalue weighted by Crippen LogP contribution is 2.10. The van der Waals surface area contributed by atoms with Gasteiger partial charge in [-0.1, -0.05) is 64.5 Å². The fraction of sp³-hybridized carbons (Fsp3) is 0.579. The van der Waals surface area contributed by atoms with E-state index in [1.54, 1.807) is 0 Å². The Morgan fingerprint density at radius 3 is 2.04 bits per heavy atom. The summed E-state index contributed by atoms with van der Waals surface area (Å²) >= 11 is 0. The highest BCUT2D eigenvalue weighted by Gasteiger charge is 2.12. The smallest absolute Gasteiger partial charge is 0.313 e. The van der Waals surface area contributed by atoms with Gasteiger partial charge in [0.15, 0.2) is 0 Å². The quantitative estimate of drug-likeness (QED) is 0.505. The van der Waals surface area contributed by atoms with Crippen LogP contribution in [0.5, 0.6) is 0 Å². The van der Waals surface area contributed by atoms with Crippen LogP contribution in [0.25, 0.3) is 0 Å². The Morgan fingerprint density at radius 1 is 0.826 bits per heavy atom. The van der Waals surface area contributed by atoms with E-state index in [1.165, 1.54) is 37.7 Å². The number of rotatable bonds is 10. The van der Waals surface area contributed by atoms with Crippen molar-refractivity contribution in [3.63, 3.8) is 0 Å². The first-order chi connectivity index (χ1) is 11.2. The Balaban J connectivity index is 2.15. The maximum absolute atomic E-state index is 11.8. The highest BCUT2D eigenvalue weighted by molar-refractivity contribution is 6.39. The van der Waals surface area contributed by atoms with E-state index in [2.05, 4.69) is 24.5 Å². The Morgan fingerprint density at radius 2 is 1.43 bits per heavy atom. The molecule has 0 heterocycles. The fourth-order valence-corrected chi connectivity index (χ4v) is 2.38. The fourth-order valence-electron chi connectivity index (χ4n) is 2.38. The van der Waals surface area contributed by atoms with Crippen molar-refractivity contribution in [2.24, 2.45) is 0 Å². The lowest BCUT2D eigenvalue weighted by Crippen LogP contribution is -2.35. The average Bonchev–Trinajstić information content (AvgIpc) is 2.57. The van der Waals surface area contributed by atoms with Crippen molar-refractivity contribution in [2.75, 3.05) is 11.9 Å². The first kappa shape index (κ1) is 19.2. The molecule has 0 unspecified atom stereocenters. The van der Waals surface area contributed by atoms with Crippen LogP contribution < -0.4 is 10.6 Å². The minimum atomic E-state index is -0.600. The Kier molecular flexibility index (Phi) is 9.76. The predicted molar refractivity (Wildman–Crippen MR) is 95.5 cm³/mol. The van der Waals surface area contributed by atoms with Crippen LogP contribution >= 0.6 is 0 Å². The minimum Gasteiger partial charge on any atom is -0.348 e. The summed E-state index contributed by atoms with van der Waals surface area (Å²) in [5.41, 5.74) is 1.85. The summed E-state index contributed by atoms with van der Waals surface area (Å²) in [6.45, 7) is 4.85. The molecule has 0 aliphatic rings. The van der Waals surface area contributed by atoms with Crippen LogP contribution in [0, 0.1) is 0 Å². The number of hydrogen-bond donors (Lipinski definition) is 2. The molecule has 0 bridgehead atoms. The summed E-state index contributed by atoms with van der Waals surface area (Å²) in [6.07, 6.45) is 9.29. The van der Waals surface area contributed by atoms with Crippen molar-refractivity contribution in [3.05, 3.63) is 29.8 Å². The maximum Gasteiger partial charge on any atom is 0.313 e. The number of anilines is 1. The van der Waals surface area contributed by atoms with E-state index in [0.29, 0.717) is 12.2 Å². The molecule has 1 rings (SSSR count). The molecule has 0 saturated carbocycles. The molecule has 0 aliphatic heterocycles. The summed E-state index contributed by atoms with van der Waals surface area (Å²) in [6, 6.07) is 7.54. The van der Waals surface area contributed by atoms with E-state index in [1.807, 2.05) is 24.3 Å². The van der Waals surface area contributed by atoms with Crippen molar-refractivity contribution in [1.82, 2.24) is 5.32 Å². The largest absolute Gasteiger partial charge is 0.348 e. The summed E-state index contributed by atoms with van der Waals surface area (Å²) < 4.78 is 0. The molecule has 0 radical (unpaired) electrons. The summed E-state index contributed by atoms with van der Waals surface area (Å²) in [5.74, 6) is -1.16. The lowest BCUT2D eigenvalue weighted by molar-refractivity contribution is -0.136. The first-order valence-electron chi connectivity index (χ1n) is 8.85.